The molecule has 1 fully saturated rings. The summed E-state index contributed by atoms with van der Waals surface area (Å²) in [6.45, 7) is 6.38. The third-order valence-corrected chi connectivity index (χ3v) is 6.93. The number of esters is 1. The van der Waals surface area contributed by atoms with Gasteiger partial charge in [0, 0.05) is 24.5 Å². The molecule has 1 aromatic carbocycles. The van der Waals surface area contributed by atoms with E-state index in [1.807, 2.05) is 32.0 Å². The zero-order valence-corrected chi connectivity index (χ0v) is 18.7. The van der Waals surface area contributed by atoms with E-state index < -0.39 is 0 Å². The third-order valence-electron chi connectivity index (χ3n) is 5.34. The number of anilines is 2. The van der Waals surface area contributed by atoms with Crippen molar-refractivity contribution < 1.29 is 9.53 Å². The summed E-state index contributed by atoms with van der Waals surface area (Å²) in [5.74, 6) is 1.29. The molecule has 158 valence electrons. The van der Waals surface area contributed by atoms with Crippen molar-refractivity contribution in [2.24, 2.45) is 5.92 Å². The molecule has 0 aliphatic carbocycles. The first-order valence-electron chi connectivity index (χ1n) is 10.2. The number of benzene rings is 1. The van der Waals surface area contributed by atoms with Crippen molar-refractivity contribution in [3.05, 3.63) is 45.8 Å². The maximum atomic E-state index is 12.0. The van der Waals surface area contributed by atoms with Gasteiger partial charge in [-0.05, 0) is 32.3 Å². The molecule has 1 N–H and O–H groups in total. The van der Waals surface area contributed by atoms with E-state index in [9.17, 15) is 4.79 Å². The monoisotopic (exact) mass is 444 g/mol. The molecule has 3 aromatic rings. The smallest absolute Gasteiger partial charge is 0.309 e. The number of halogens is 1. The number of carbonyl (C=O) groups excluding carboxylic acids is 1. The summed E-state index contributed by atoms with van der Waals surface area (Å²) in [5, 5.41) is 5.03. The van der Waals surface area contributed by atoms with E-state index in [0.29, 0.717) is 24.1 Å². The van der Waals surface area contributed by atoms with Crippen LogP contribution in [0.3, 0.4) is 0 Å². The van der Waals surface area contributed by atoms with Gasteiger partial charge < -0.3 is 15.0 Å². The minimum absolute atomic E-state index is 0.0426. The van der Waals surface area contributed by atoms with Crippen LogP contribution in [0.25, 0.3) is 10.2 Å². The number of thiophene rings is 1. The molecule has 0 bridgehead atoms. The van der Waals surface area contributed by atoms with Gasteiger partial charge in [-0.3, -0.25) is 4.79 Å². The van der Waals surface area contributed by atoms with Gasteiger partial charge in [0.2, 0.25) is 5.95 Å². The molecular weight excluding hydrogens is 420 g/mol. The molecule has 30 heavy (non-hydrogen) atoms. The predicted octanol–water partition coefficient (Wildman–Crippen LogP) is 5.04. The molecule has 8 heteroatoms. The second kappa shape index (κ2) is 9.18. The minimum Gasteiger partial charge on any atom is -0.466 e. The quantitative estimate of drug-likeness (QED) is 0.537. The molecule has 3 heterocycles. The molecule has 0 atom stereocenters. The Labute approximate surface area is 185 Å². The fraction of sp³-hybridized carbons (Fsp3) is 0.409. The summed E-state index contributed by atoms with van der Waals surface area (Å²) in [4.78, 5) is 25.7. The summed E-state index contributed by atoms with van der Waals surface area (Å²) >= 11 is 8.16. The normalized spacial score (nSPS) is 14.8. The second-order valence-electron chi connectivity index (χ2n) is 7.38. The Kier molecular flexibility index (Phi) is 6.39. The highest BCUT2D eigenvalue weighted by atomic mass is 35.5. The van der Waals surface area contributed by atoms with Gasteiger partial charge in [-0.25, -0.2) is 4.98 Å². The van der Waals surface area contributed by atoms with Crippen molar-refractivity contribution in [3.63, 3.8) is 0 Å². The molecule has 1 aliphatic heterocycles. The highest BCUT2D eigenvalue weighted by Gasteiger charge is 2.28. The summed E-state index contributed by atoms with van der Waals surface area (Å²) in [6, 6.07) is 10.2. The topological polar surface area (TPSA) is 67.3 Å². The first kappa shape index (κ1) is 20.9. The van der Waals surface area contributed by atoms with E-state index in [4.69, 9.17) is 26.3 Å². The van der Waals surface area contributed by atoms with E-state index >= 15 is 0 Å². The number of ether oxygens (including phenoxy) is 1. The fourth-order valence-electron chi connectivity index (χ4n) is 3.69. The van der Waals surface area contributed by atoms with Crippen LogP contribution in [0.15, 0.2) is 30.3 Å². The zero-order chi connectivity index (χ0) is 21.1. The van der Waals surface area contributed by atoms with Gasteiger partial charge in [0.25, 0.3) is 0 Å². The number of rotatable bonds is 6. The number of hydrogen-bond donors (Lipinski definition) is 1. The van der Waals surface area contributed by atoms with Crippen molar-refractivity contribution in [2.45, 2.75) is 33.2 Å². The Bertz CT molecular complexity index is 1030. The fourth-order valence-corrected chi connectivity index (χ4v) is 4.95. The lowest BCUT2D eigenvalue weighted by Gasteiger charge is -2.31. The maximum Gasteiger partial charge on any atom is 0.309 e. The van der Waals surface area contributed by atoms with E-state index in [1.165, 1.54) is 5.56 Å². The van der Waals surface area contributed by atoms with Crippen LogP contribution < -0.4 is 10.2 Å². The number of nitrogens with one attached hydrogen (secondary N) is 1. The Morgan fingerprint density at radius 1 is 1.27 bits per heavy atom. The third kappa shape index (κ3) is 4.37. The van der Waals surface area contributed by atoms with E-state index in [0.717, 1.165) is 46.8 Å². The van der Waals surface area contributed by atoms with Gasteiger partial charge in [-0.1, -0.05) is 41.9 Å². The Morgan fingerprint density at radius 3 is 2.70 bits per heavy atom. The lowest BCUT2D eigenvalue weighted by molar-refractivity contribution is -0.148. The standard InChI is InChI=1S/C22H25ClN4O2S/c1-3-29-21(28)16-9-11-27(12-10-16)22-25-19(24-13-15-7-5-4-6-8-15)17-18(23)14(2)30-20(17)26-22/h4-8,16H,3,9-13H2,1-2H3,(H,24,25,26). The van der Waals surface area contributed by atoms with Crippen molar-refractivity contribution in [3.8, 4) is 0 Å². The highest BCUT2D eigenvalue weighted by molar-refractivity contribution is 7.19. The van der Waals surface area contributed by atoms with E-state index in [2.05, 4.69) is 22.3 Å². The van der Waals surface area contributed by atoms with Gasteiger partial charge in [0.15, 0.2) is 0 Å². The van der Waals surface area contributed by atoms with Crippen molar-refractivity contribution >= 4 is 50.9 Å². The largest absolute Gasteiger partial charge is 0.466 e. The van der Waals surface area contributed by atoms with Gasteiger partial charge in [0.05, 0.1) is 22.9 Å². The number of nitrogens with zero attached hydrogens (tertiary/aromatic N) is 3. The Balaban J connectivity index is 1.58. The second-order valence-corrected chi connectivity index (χ2v) is 8.96. The van der Waals surface area contributed by atoms with Crippen molar-refractivity contribution in [1.82, 2.24) is 9.97 Å². The van der Waals surface area contributed by atoms with Crippen LogP contribution in [-0.2, 0) is 16.1 Å². The van der Waals surface area contributed by atoms with Crippen LogP contribution in [-0.4, -0.2) is 35.6 Å². The molecule has 6 nitrogen and oxygen atoms in total. The first-order chi connectivity index (χ1) is 14.6. The van der Waals surface area contributed by atoms with Crippen molar-refractivity contribution in [1.29, 1.82) is 0 Å². The summed E-state index contributed by atoms with van der Waals surface area (Å²) in [5.41, 5.74) is 1.17. The molecule has 1 aliphatic rings. The van der Waals surface area contributed by atoms with Crippen LogP contribution >= 0.6 is 22.9 Å². The lowest BCUT2D eigenvalue weighted by Crippen LogP contribution is -2.38. The highest BCUT2D eigenvalue weighted by Crippen LogP contribution is 2.39. The SMILES string of the molecule is CCOC(=O)C1CCN(c2nc(NCc3ccccc3)c3c(Cl)c(C)sc3n2)CC1. The predicted molar refractivity (Wildman–Crippen MR) is 123 cm³/mol. The summed E-state index contributed by atoms with van der Waals surface area (Å²) in [6.07, 6.45) is 1.49. The molecule has 1 saturated heterocycles. The molecule has 0 unspecified atom stereocenters. The van der Waals surface area contributed by atoms with Crippen molar-refractivity contribution in [2.75, 3.05) is 29.9 Å². The van der Waals surface area contributed by atoms with Crippen LogP contribution in [0.4, 0.5) is 11.8 Å². The number of hydrogen-bond acceptors (Lipinski definition) is 7. The van der Waals surface area contributed by atoms with Crippen LogP contribution in [0.1, 0.15) is 30.2 Å². The lowest BCUT2D eigenvalue weighted by atomic mass is 9.97. The molecule has 0 radical (unpaired) electrons. The van der Waals surface area contributed by atoms with Crippen LogP contribution in [0.5, 0.6) is 0 Å². The van der Waals surface area contributed by atoms with Gasteiger partial charge in [-0.2, -0.15) is 4.98 Å². The van der Waals surface area contributed by atoms with Gasteiger partial charge in [-0.15, -0.1) is 11.3 Å². The zero-order valence-electron chi connectivity index (χ0n) is 17.2. The number of fused-ring (bicyclic) bond motifs is 1. The Hall–Kier alpha value is -2.38. The average Bonchev–Trinajstić information content (AvgIpc) is 3.06. The Morgan fingerprint density at radius 2 is 2.00 bits per heavy atom. The number of aryl methyl sites for hydroxylation is 1. The molecule has 0 spiro atoms. The summed E-state index contributed by atoms with van der Waals surface area (Å²) in [7, 11) is 0. The number of carbonyl (C=O) groups is 1. The summed E-state index contributed by atoms with van der Waals surface area (Å²) < 4.78 is 5.18. The van der Waals surface area contributed by atoms with E-state index in [1.54, 1.807) is 11.3 Å². The first-order valence-corrected chi connectivity index (χ1v) is 11.4. The molecule has 0 saturated carbocycles. The molecule has 2 aromatic heterocycles. The van der Waals surface area contributed by atoms with Gasteiger partial charge in [0.1, 0.15) is 10.6 Å². The number of aromatic nitrogens is 2. The maximum absolute atomic E-state index is 12.0. The van der Waals surface area contributed by atoms with Gasteiger partial charge >= 0.3 is 5.97 Å². The van der Waals surface area contributed by atoms with E-state index in [-0.39, 0.29) is 11.9 Å². The molecule has 4 rings (SSSR count). The number of piperidine rings is 1. The van der Waals surface area contributed by atoms with Crippen LogP contribution in [0.2, 0.25) is 5.02 Å². The average molecular weight is 445 g/mol. The molecule has 0 amide bonds. The molecular formula is C22H25ClN4O2S. The van der Waals surface area contributed by atoms with Crippen LogP contribution in [0, 0.1) is 12.8 Å². The minimum atomic E-state index is -0.0978.